The smallest absolute Gasteiger partial charge is 0.147 e. The molecule has 1 aromatic heterocycles. The highest BCUT2D eigenvalue weighted by atomic mass is 16.5. The van der Waals surface area contributed by atoms with Gasteiger partial charge in [-0.25, -0.2) is 0 Å². The van der Waals surface area contributed by atoms with E-state index in [4.69, 9.17) is 9.47 Å². The Kier molecular flexibility index (Phi) is 3.19. The zero-order chi connectivity index (χ0) is 13.4. The van der Waals surface area contributed by atoms with E-state index in [1.807, 2.05) is 17.8 Å². The highest BCUT2D eigenvalue weighted by Crippen LogP contribution is 2.31. The molecule has 1 saturated heterocycles. The highest BCUT2D eigenvalue weighted by Gasteiger charge is 2.20. The predicted molar refractivity (Wildman–Crippen MR) is 74.7 cm³/mol. The lowest BCUT2D eigenvalue weighted by molar-refractivity contribution is -0.0718. The molecule has 0 amide bonds. The van der Waals surface area contributed by atoms with Crippen molar-refractivity contribution < 1.29 is 9.47 Å². The van der Waals surface area contributed by atoms with Gasteiger partial charge in [0.2, 0.25) is 0 Å². The Bertz CT molecular complexity index is 585. The van der Waals surface area contributed by atoms with Crippen LogP contribution in [0.3, 0.4) is 0 Å². The second-order valence-corrected chi connectivity index (χ2v) is 5.47. The molecule has 1 atom stereocenters. The van der Waals surface area contributed by atoms with Gasteiger partial charge in [0.05, 0.1) is 6.10 Å². The summed E-state index contributed by atoms with van der Waals surface area (Å²) in [5, 5.41) is 5.71. The molecule has 0 bridgehead atoms. The Morgan fingerprint density at radius 2 is 2.26 bits per heavy atom. The number of hydrogen-bond donors (Lipinski definition) is 0. The van der Waals surface area contributed by atoms with Gasteiger partial charge in [0.15, 0.2) is 0 Å². The Balaban J connectivity index is 1.93. The normalized spacial score (nSPS) is 18.8. The maximum Gasteiger partial charge on any atom is 0.147 e. The molecule has 3 rings (SSSR count). The molecule has 19 heavy (non-hydrogen) atoms. The van der Waals surface area contributed by atoms with Crippen LogP contribution in [-0.4, -0.2) is 29.1 Å². The monoisotopic (exact) mass is 260 g/mol. The van der Waals surface area contributed by atoms with Crippen molar-refractivity contribution in [3.8, 4) is 5.75 Å². The average molecular weight is 260 g/mol. The molecule has 2 aromatic rings. The summed E-state index contributed by atoms with van der Waals surface area (Å²) in [6, 6.07) is 4.18. The van der Waals surface area contributed by atoms with Gasteiger partial charge in [-0.1, -0.05) is 19.9 Å². The van der Waals surface area contributed by atoms with Crippen molar-refractivity contribution in [3.63, 3.8) is 0 Å². The standard InChI is InChI=1S/C15H20N2O2/c1-10(2)12-4-5-14(19-9-11-6-7-18-11)15-13(12)8-17(3)16-15/h4-5,8,10-11H,6-7,9H2,1-3H3. The van der Waals surface area contributed by atoms with E-state index >= 15 is 0 Å². The Morgan fingerprint density at radius 3 is 2.89 bits per heavy atom. The van der Waals surface area contributed by atoms with Gasteiger partial charge < -0.3 is 9.47 Å². The maximum absolute atomic E-state index is 5.87. The minimum absolute atomic E-state index is 0.253. The van der Waals surface area contributed by atoms with Crippen molar-refractivity contribution in [2.45, 2.75) is 32.3 Å². The van der Waals surface area contributed by atoms with Gasteiger partial charge in [-0.2, -0.15) is 5.10 Å². The Hall–Kier alpha value is -1.55. The van der Waals surface area contributed by atoms with Crippen molar-refractivity contribution in [2.24, 2.45) is 7.05 Å². The quantitative estimate of drug-likeness (QED) is 0.848. The van der Waals surface area contributed by atoms with E-state index in [9.17, 15) is 0 Å². The summed E-state index contributed by atoms with van der Waals surface area (Å²) in [7, 11) is 1.95. The van der Waals surface area contributed by atoms with Crippen LogP contribution < -0.4 is 4.74 Å². The first-order valence-corrected chi connectivity index (χ1v) is 6.86. The third kappa shape index (κ3) is 2.32. The molecule has 4 nitrogen and oxygen atoms in total. The van der Waals surface area contributed by atoms with Crippen molar-refractivity contribution in [3.05, 3.63) is 23.9 Å². The number of aromatic nitrogens is 2. The van der Waals surface area contributed by atoms with E-state index in [1.165, 1.54) is 10.9 Å². The van der Waals surface area contributed by atoms with Crippen molar-refractivity contribution in [1.29, 1.82) is 0 Å². The molecule has 0 spiro atoms. The van der Waals surface area contributed by atoms with Gasteiger partial charge in [0.25, 0.3) is 0 Å². The SMILES string of the molecule is CC(C)c1ccc(OCC2CCO2)c2nn(C)cc12. The van der Waals surface area contributed by atoms with E-state index in [2.05, 4.69) is 31.2 Å². The van der Waals surface area contributed by atoms with E-state index < -0.39 is 0 Å². The molecule has 102 valence electrons. The van der Waals surface area contributed by atoms with Crippen LogP contribution in [0.25, 0.3) is 10.9 Å². The highest BCUT2D eigenvalue weighted by molar-refractivity contribution is 5.87. The van der Waals surface area contributed by atoms with Gasteiger partial charge in [0.1, 0.15) is 17.9 Å². The van der Waals surface area contributed by atoms with Gasteiger partial charge >= 0.3 is 0 Å². The number of ether oxygens (including phenoxy) is 2. The number of aryl methyl sites for hydroxylation is 1. The molecule has 2 heterocycles. The molecule has 4 heteroatoms. The first kappa shape index (κ1) is 12.5. The molecule has 1 aliphatic heterocycles. The summed E-state index contributed by atoms with van der Waals surface area (Å²) in [4.78, 5) is 0. The van der Waals surface area contributed by atoms with Crippen LogP contribution in [0, 0.1) is 0 Å². The first-order chi connectivity index (χ1) is 9.15. The Labute approximate surface area is 113 Å². The predicted octanol–water partition coefficient (Wildman–Crippen LogP) is 2.86. The van der Waals surface area contributed by atoms with Crippen molar-refractivity contribution in [1.82, 2.24) is 9.78 Å². The summed E-state index contributed by atoms with van der Waals surface area (Å²) in [6.07, 6.45) is 3.41. The van der Waals surface area contributed by atoms with Crippen LogP contribution in [-0.2, 0) is 11.8 Å². The van der Waals surface area contributed by atoms with Crippen LogP contribution in [0.4, 0.5) is 0 Å². The average Bonchev–Trinajstić information content (AvgIpc) is 2.68. The molecule has 0 N–H and O–H groups in total. The largest absolute Gasteiger partial charge is 0.489 e. The fourth-order valence-electron chi connectivity index (χ4n) is 2.43. The van der Waals surface area contributed by atoms with E-state index in [1.54, 1.807) is 0 Å². The second kappa shape index (κ2) is 4.85. The van der Waals surface area contributed by atoms with Gasteiger partial charge in [0, 0.05) is 31.7 Å². The van der Waals surface area contributed by atoms with Crippen LogP contribution in [0.2, 0.25) is 0 Å². The van der Waals surface area contributed by atoms with Crippen molar-refractivity contribution >= 4 is 10.9 Å². The molecule has 1 aliphatic rings. The summed E-state index contributed by atoms with van der Waals surface area (Å²) in [6.45, 7) is 5.88. The lowest BCUT2D eigenvalue weighted by Gasteiger charge is -2.26. The molecule has 0 radical (unpaired) electrons. The summed E-state index contributed by atoms with van der Waals surface area (Å²) in [5.74, 6) is 1.34. The number of benzene rings is 1. The second-order valence-electron chi connectivity index (χ2n) is 5.47. The fraction of sp³-hybridized carbons (Fsp3) is 0.533. The molecular formula is C15H20N2O2. The number of nitrogens with zero attached hydrogens (tertiary/aromatic N) is 2. The van der Waals surface area contributed by atoms with Gasteiger partial charge in [-0.15, -0.1) is 0 Å². The van der Waals surface area contributed by atoms with Crippen LogP contribution in [0.15, 0.2) is 18.3 Å². The summed E-state index contributed by atoms with van der Waals surface area (Å²) in [5.41, 5.74) is 2.27. The Morgan fingerprint density at radius 1 is 1.47 bits per heavy atom. The molecule has 0 aliphatic carbocycles. The number of rotatable bonds is 4. The molecule has 1 unspecified atom stereocenters. The number of fused-ring (bicyclic) bond motifs is 1. The molecular weight excluding hydrogens is 240 g/mol. The van der Waals surface area contributed by atoms with E-state index in [-0.39, 0.29) is 6.10 Å². The van der Waals surface area contributed by atoms with Crippen molar-refractivity contribution in [2.75, 3.05) is 13.2 Å². The lowest BCUT2D eigenvalue weighted by Crippen LogP contribution is -2.32. The minimum Gasteiger partial charge on any atom is -0.489 e. The third-order valence-electron chi connectivity index (χ3n) is 3.63. The fourth-order valence-corrected chi connectivity index (χ4v) is 2.43. The van der Waals surface area contributed by atoms with Crippen LogP contribution in [0.5, 0.6) is 5.75 Å². The van der Waals surface area contributed by atoms with Crippen LogP contribution in [0.1, 0.15) is 31.7 Å². The minimum atomic E-state index is 0.253. The topological polar surface area (TPSA) is 36.3 Å². The van der Waals surface area contributed by atoms with Gasteiger partial charge in [-0.3, -0.25) is 4.68 Å². The van der Waals surface area contributed by atoms with Gasteiger partial charge in [-0.05, 0) is 17.5 Å². The first-order valence-electron chi connectivity index (χ1n) is 6.86. The van der Waals surface area contributed by atoms with E-state index in [0.717, 1.165) is 24.3 Å². The van der Waals surface area contributed by atoms with Crippen LogP contribution >= 0.6 is 0 Å². The van der Waals surface area contributed by atoms with E-state index in [0.29, 0.717) is 12.5 Å². The third-order valence-corrected chi connectivity index (χ3v) is 3.63. The zero-order valence-electron chi connectivity index (χ0n) is 11.7. The maximum atomic E-state index is 5.87. The molecule has 0 saturated carbocycles. The summed E-state index contributed by atoms with van der Waals surface area (Å²) < 4.78 is 13.1. The zero-order valence-corrected chi connectivity index (χ0v) is 11.7. The lowest BCUT2D eigenvalue weighted by atomic mass is 9.99. The molecule has 1 aromatic carbocycles. The number of hydrogen-bond acceptors (Lipinski definition) is 3. The molecule has 1 fully saturated rings. The summed E-state index contributed by atoms with van der Waals surface area (Å²) >= 11 is 0.